The van der Waals surface area contributed by atoms with E-state index in [0.29, 0.717) is 12.2 Å². The highest BCUT2D eigenvalue weighted by Crippen LogP contribution is 2.32. The SMILES string of the molecule is Cc1ncnc2c1ccn2C1OC(Cn2cccn2)C(O)C1O. The number of aryl methyl sites for hydroxylation is 1. The Morgan fingerprint density at radius 3 is 2.87 bits per heavy atom. The molecule has 4 heterocycles. The second-order valence-electron chi connectivity index (χ2n) is 5.69. The molecule has 120 valence electrons. The van der Waals surface area contributed by atoms with Crippen molar-refractivity contribution in [2.45, 2.75) is 38.0 Å². The van der Waals surface area contributed by atoms with Crippen LogP contribution in [0.1, 0.15) is 11.9 Å². The molecular formula is C15H17N5O3. The highest BCUT2D eigenvalue weighted by Gasteiger charge is 2.44. The molecule has 1 saturated heterocycles. The first kappa shape index (κ1) is 14.3. The fourth-order valence-electron chi connectivity index (χ4n) is 3.01. The Balaban J connectivity index is 1.64. The van der Waals surface area contributed by atoms with Crippen molar-refractivity contribution in [2.24, 2.45) is 0 Å². The summed E-state index contributed by atoms with van der Waals surface area (Å²) in [5, 5.41) is 25.7. The third kappa shape index (κ3) is 2.31. The zero-order chi connectivity index (χ0) is 16.0. The van der Waals surface area contributed by atoms with E-state index in [-0.39, 0.29) is 0 Å². The van der Waals surface area contributed by atoms with Gasteiger partial charge in [-0.3, -0.25) is 4.68 Å². The average Bonchev–Trinajstić information content (AvgIpc) is 3.24. The first-order valence-electron chi connectivity index (χ1n) is 7.42. The monoisotopic (exact) mass is 315 g/mol. The quantitative estimate of drug-likeness (QED) is 0.719. The Labute approximate surface area is 132 Å². The van der Waals surface area contributed by atoms with Crippen molar-refractivity contribution in [2.75, 3.05) is 0 Å². The standard InChI is InChI=1S/C15H17N5O3/c1-9-10-3-6-20(14(10)17-8-16-9)15-13(22)12(21)11(23-15)7-19-5-2-4-18-19/h2-6,8,11-13,15,21-22H,7H2,1H3. The zero-order valence-electron chi connectivity index (χ0n) is 12.5. The third-order valence-corrected chi connectivity index (χ3v) is 4.25. The number of nitrogens with zero attached hydrogens (tertiary/aromatic N) is 5. The lowest BCUT2D eigenvalue weighted by atomic mass is 10.1. The fourth-order valence-corrected chi connectivity index (χ4v) is 3.01. The van der Waals surface area contributed by atoms with E-state index in [0.717, 1.165) is 11.1 Å². The van der Waals surface area contributed by atoms with Crippen LogP contribution in [0.25, 0.3) is 11.0 Å². The van der Waals surface area contributed by atoms with E-state index in [4.69, 9.17) is 4.74 Å². The Bertz CT molecular complexity index is 816. The number of hydrogen-bond donors (Lipinski definition) is 2. The van der Waals surface area contributed by atoms with Gasteiger partial charge in [0.25, 0.3) is 0 Å². The van der Waals surface area contributed by atoms with Crippen LogP contribution >= 0.6 is 0 Å². The van der Waals surface area contributed by atoms with Crippen molar-refractivity contribution in [3.05, 3.63) is 42.7 Å². The zero-order valence-corrected chi connectivity index (χ0v) is 12.5. The van der Waals surface area contributed by atoms with E-state index in [1.807, 2.05) is 13.0 Å². The molecule has 4 rings (SSSR count). The maximum atomic E-state index is 10.4. The number of rotatable bonds is 3. The minimum Gasteiger partial charge on any atom is -0.387 e. The van der Waals surface area contributed by atoms with Crippen LogP contribution in [0.3, 0.4) is 0 Å². The van der Waals surface area contributed by atoms with Gasteiger partial charge in [0.1, 0.15) is 30.3 Å². The largest absolute Gasteiger partial charge is 0.387 e. The van der Waals surface area contributed by atoms with E-state index in [1.54, 1.807) is 33.9 Å². The Hall–Kier alpha value is -2.29. The molecule has 1 aliphatic heterocycles. The van der Waals surface area contributed by atoms with Gasteiger partial charge in [-0.05, 0) is 19.1 Å². The van der Waals surface area contributed by atoms with Crippen LogP contribution in [0.15, 0.2) is 37.1 Å². The minimum absolute atomic E-state index is 0.370. The number of aliphatic hydroxyl groups is 2. The van der Waals surface area contributed by atoms with E-state index in [1.165, 1.54) is 6.33 Å². The van der Waals surface area contributed by atoms with Crippen LogP contribution in [-0.4, -0.2) is 52.8 Å². The van der Waals surface area contributed by atoms with Crippen LogP contribution in [0.4, 0.5) is 0 Å². The lowest BCUT2D eigenvalue weighted by molar-refractivity contribution is -0.0399. The van der Waals surface area contributed by atoms with Crippen LogP contribution in [-0.2, 0) is 11.3 Å². The number of ether oxygens (including phenoxy) is 1. The first-order chi connectivity index (χ1) is 11.1. The summed E-state index contributed by atoms with van der Waals surface area (Å²) in [5.41, 5.74) is 1.53. The first-order valence-corrected chi connectivity index (χ1v) is 7.42. The van der Waals surface area contributed by atoms with Gasteiger partial charge < -0.3 is 19.5 Å². The molecule has 0 aliphatic carbocycles. The number of hydrogen-bond acceptors (Lipinski definition) is 6. The van der Waals surface area contributed by atoms with E-state index >= 15 is 0 Å². The van der Waals surface area contributed by atoms with Crippen LogP contribution < -0.4 is 0 Å². The summed E-state index contributed by atoms with van der Waals surface area (Å²) < 4.78 is 9.30. The van der Waals surface area contributed by atoms with Crippen LogP contribution in [0, 0.1) is 6.92 Å². The summed E-state index contributed by atoms with van der Waals surface area (Å²) in [6.45, 7) is 2.27. The maximum absolute atomic E-state index is 10.4. The summed E-state index contributed by atoms with van der Waals surface area (Å²) in [5.74, 6) is 0. The maximum Gasteiger partial charge on any atom is 0.164 e. The van der Waals surface area contributed by atoms with E-state index in [9.17, 15) is 10.2 Å². The Morgan fingerprint density at radius 1 is 1.22 bits per heavy atom. The summed E-state index contributed by atoms with van der Waals surface area (Å²) in [6.07, 6.45) is 3.45. The molecule has 0 saturated carbocycles. The average molecular weight is 315 g/mol. The Kier molecular flexibility index (Phi) is 3.37. The second kappa shape index (κ2) is 5.41. The molecule has 0 bridgehead atoms. The van der Waals surface area contributed by atoms with Crippen molar-refractivity contribution in [3.8, 4) is 0 Å². The summed E-state index contributed by atoms with van der Waals surface area (Å²) in [6, 6.07) is 3.68. The topological polar surface area (TPSA) is 98.2 Å². The molecule has 0 spiro atoms. The molecule has 2 N–H and O–H groups in total. The summed E-state index contributed by atoms with van der Waals surface area (Å²) in [4.78, 5) is 8.43. The number of fused-ring (bicyclic) bond motifs is 1. The predicted molar refractivity (Wildman–Crippen MR) is 80.4 cm³/mol. The van der Waals surface area contributed by atoms with Gasteiger partial charge in [-0.2, -0.15) is 5.10 Å². The lowest BCUT2D eigenvalue weighted by Gasteiger charge is -2.17. The summed E-state index contributed by atoms with van der Waals surface area (Å²) >= 11 is 0. The predicted octanol–water partition coefficient (Wildman–Crippen LogP) is 0.256. The summed E-state index contributed by atoms with van der Waals surface area (Å²) in [7, 11) is 0. The van der Waals surface area contributed by atoms with E-state index in [2.05, 4.69) is 15.1 Å². The van der Waals surface area contributed by atoms with Gasteiger partial charge in [-0.15, -0.1) is 0 Å². The van der Waals surface area contributed by atoms with Crippen LogP contribution in [0.5, 0.6) is 0 Å². The smallest absolute Gasteiger partial charge is 0.164 e. The molecule has 4 unspecified atom stereocenters. The van der Waals surface area contributed by atoms with Gasteiger partial charge in [0.2, 0.25) is 0 Å². The molecule has 0 aromatic carbocycles. The molecule has 8 nitrogen and oxygen atoms in total. The van der Waals surface area contributed by atoms with Gasteiger partial charge in [0.15, 0.2) is 6.23 Å². The minimum atomic E-state index is -1.04. The number of aliphatic hydroxyl groups excluding tert-OH is 2. The molecule has 8 heteroatoms. The molecule has 0 radical (unpaired) electrons. The van der Waals surface area contributed by atoms with Crippen molar-refractivity contribution in [3.63, 3.8) is 0 Å². The van der Waals surface area contributed by atoms with Crippen molar-refractivity contribution < 1.29 is 14.9 Å². The molecule has 23 heavy (non-hydrogen) atoms. The molecule has 1 aliphatic rings. The highest BCUT2D eigenvalue weighted by atomic mass is 16.6. The molecule has 1 fully saturated rings. The van der Waals surface area contributed by atoms with E-state index < -0.39 is 24.5 Å². The second-order valence-corrected chi connectivity index (χ2v) is 5.69. The molecule has 4 atom stereocenters. The number of aromatic nitrogens is 5. The highest BCUT2D eigenvalue weighted by molar-refractivity contribution is 5.78. The normalized spacial score (nSPS) is 27.8. The van der Waals surface area contributed by atoms with Crippen molar-refractivity contribution in [1.29, 1.82) is 0 Å². The molecule has 3 aromatic rings. The van der Waals surface area contributed by atoms with Gasteiger partial charge in [0, 0.05) is 24.0 Å². The fraction of sp³-hybridized carbons (Fsp3) is 0.400. The Morgan fingerprint density at radius 2 is 2.09 bits per heavy atom. The third-order valence-electron chi connectivity index (χ3n) is 4.25. The molecule has 3 aromatic heterocycles. The van der Waals surface area contributed by atoms with Crippen molar-refractivity contribution in [1.82, 2.24) is 24.3 Å². The van der Waals surface area contributed by atoms with Gasteiger partial charge in [-0.1, -0.05) is 0 Å². The van der Waals surface area contributed by atoms with Crippen molar-refractivity contribution >= 4 is 11.0 Å². The van der Waals surface area contributed by atoms with Gasteiger partial charge in [0.05, 0.1) is 12.2 Å². The molecular weight excluding hydrogens is 298 g/mol. The lowest BCUT2D eigenvalue weighted by Crippen LogP contribution is -2.33. The van der Waals surface area contributed by atoms with Gasteiger partial charge >= 0.3 is 0 Å². The van der Waals surface area contributed by atoms with Gasteiger partial charge in [-0.25, -0.2) is 9.97 Å². The molecule has 0 amide bonds. The van der Waals surface area contributed by atoms with Crippen LogP contribution in [0.2, 0.25) is 0 Å².